The highest BCUT2D eigenvalue weighted by atomic mass is 16.5. The Morgan fingerprint density at radius 2 is 2.06 bits per heavy atom. The molecule has 0 aliphatic rings. The van der Waals surface area contributed by atoms with Crippen molar-refractivity contribution in [2.24, 2.45) is 0 Å². The summed E-state index contributed by atoms with van der Waals surface area (Å²) >= 11 is 0. The fourth-order valence-electron chi connectivity index (χ4n) is 1.87. The van der Waals surface area contributed by atoms with Gasteiger partial charge in [-0.3, -0.25) is 0 Å². The molecule has 0 saturated carbocycles. The largest absolute Gasteiger partial charge is 0.497 e. The Hall–Kier alpha value is -2.30. The van der Waals surface area contributed by atoms with E-state index in [-0.39, 0.29) is 5.56 Å². The molecule has 2 rings (SSSR count). The summed E-state index contributed by atoms with van der Waals surface area (Å²) in [5.41, 5.74) is 2.42. The normalized spacial score (nSPS) is 10.4. The molecule has 0 atom stereocenters. The van der Waals surface area contributed by atoms with Crippen molar-refractivity contribution in [1.29, 1.82) is 0 Å². The molecule has 0 unspecified atom stereocenters. The van der Waals surface area contributed by atoms with Crippen molar-refractivity contribution in [1.82, 2.24) is 9.78 Å². The Balaban J connectivity index is 2.67. The lowest BCUT2D eigenvalue weighted by Gasteiger charge is -2.10. The van der Waals surface area contributed by atoms with Crippen LogP contribution in [0.5, 0.6) is 5.75 Å². The minimum Gasteiger partial charge on any atom is -0.497 e. The molecule has 94 valence electrons. The number of carbonyl (C=O) groups is 1. The van der Waals surface area contributed by atoms with E-state index in [9.17, 15) is 9.90 Å². The Morgan fingerprint density at radius 1 is 1.33 bits per heavy atom. The molecule has 5 heteroatoms. The number of methoxy groups -OCH3 is 1. The van der Waals surface area contributed by atoms with Crippen LogP contribution in [0.1, 0.15) is 21.7 Å². The van der Waals surface area contributed by atoms with Crippen LogP contribution >= 0.6 is 0 Å². The summed E-state index contributed by atoms with van der Waals surface area (Å²) in [5, 5.41) is 13.5. The second-order valence-corrected chi connectivity index (χ2v) is 4.03. The highest BCUT2D eigenvalue weighted by molar-refractivity contribution is 5.92. The lowest BCUT2D eigenvalue weighted by molar-refractivity contribution is 0.0696. The minimum absolute atomic E-state index is 0.196. The number of hydrogen-bond donors (Lipinski definition) is 1. The van der Waals surface area contributed by atoms with Gasteiger partial charge >= 0.3 is 5.97 Å². The number of carboxylic acids is 1. The predicted octanol–water partition coefficient (Wildman–Crippen LogP) is 2.20. The lowest BCUT2D eigenvalue weighted by Crippen LogP contribution is -2.08. The number of aryl methyl sites for hydroxylation is 2. The van der Waals surface area contributed by atoms with Crippen LogP contribution < -0.4 is 4.74 Å². The summed E-state index contributed by atoms with van der Waals surface area (Å²) in [7, 11) is 1.54. The van der Waals surface area contributed by atoms with E-state index < -0.39 is 5.97 Å². The van der Waals surface area contributed by atoms with Crippen LogP contribution in [-0.4, -0.2) is 28.0 Å². The number of rotatable bonds is 3. The average molecular weight is 246 g/mol. The van der Waals surface area contributed by atoms with Gasteiger partial charge in [-0.2, -0.15) is 5.10 Å². The Bertz CT molecular complexity index is 602. The van der Waals surface area contributed by atoms with Crippen LogP contribution in [0.3, 0.4) is 0 Å². The van der Waals surface area contributed by atoms with Gasteiger partial charge in [0, 0.05) is 11.8 Å². The molecular weight excluding hydrogens is 232 g/mol. The first-order chi connectivity index (χ1) is 8.52. The van der Waals surface area contributed by atoms with E-state index in [0.29, 0.717) is 11.4 Å². The quantitative estimate of drug-likeness (QED) is 0.901. The van der Waals surface area contributed by atoms with E-state index in [1.54, 1.807) is 23.9 Å². The van der Waals surface area contributed by atoms with Crippen molar-refractivity contribution in [3.05, 3.63) is 41.2 Å². The summed E-state index contributed by atoms with van der Waals surface area (Å²) in [6, 6.07) is 6.71. The molecule has 5 nitrogen and oxygen atoms in total. The molecule has 0 fully saturated rings. The zero-order valence-corrected chi connectivity index (χ0v) is 10.5. The van der Waals surface area contributed by atoms with Crippen molar-refractivity contribution < 1.29 is 14.6 Å². The van der Waals surface area contributed by atoms with Gasteiger partial charge < -0.3 is 9.84 Å². The molecule has 0 aliphatic carbocycles. The Morgan fingerprint density at radius 3 is 2.56 bits per heavy atom. The van der Waals surface area contributed by atoms with Crippen LogP contribution in [0.15, 0.2) is 24.3 Å². The van der Waals surface area contributed by atoms with Crippen molar-refractivity contribution in [2.45, 2.75) is 13.8 Å². The van der Waals surface area contributed by atoms with Crippen molar-refractivity contribution in [3.63, 3.8) is 0 Å². The highest BCUT2D eigenvalue weighted by Gasteiger charge is 2.15. The van der Waals surface area contributed by atoms with E-state index >= 15 is 0 Å². The Kier molecular flexibility index (Phi) is 3.06. The van der Waals surface area contributed by atoms with Gasteiger partial charge in [-0.15, -0.1) is 0 Å². The molecule has 1 aromatic heterocycles. The minimum atomic E-state index is -0.986. The lowest BCUT2D eigenvalue weighted by atomic mass is 10.1. The van der Waals surface area contributed by atoms with E-state index in [4.69, 9.17) is 4.74 Å². The maximum Gasteiger partial charge on any atom is 0.337 e. The second kappa shape index (κ2) is 4.52. The van der Waals surface area contributed by atoms with Gasteiger partial charge in [-0.25, -0.2) is 9.48 Å². The number of aromatic carboxylic acids is 1. The molecule has 2 aromatic rings. The third-order valence-corrected chi connectivity index (χ3v) is 2.67. The average Bonchev–Trinajstić information content (AvgIpc) is 2.67. The van der Waals surface area contributed by atoms with Gasteiger partial charge in [-0.1, -0.05) is 0 Å². The second-order valence-electron chi connectivity index (χ2n) is 4.03. The van der Waals surface area contributed by atoms with Crippen LogP contribution in [0.25, 0.3) is 5.69 Å². The van der Waals surface area contributed by atoms with Gasteiger partial charge in [-0.05, 0) is 32.0 Å². The van der Waals surface area contributed by atoms with E-state index in [1.165, 1.54) is 6.07 Å². The standard InChI is InChI=1S/C13H14N2O3/c1-8-6-9(2)15(14-8)12-7-10(18-3)4-5-11(12)13(16)17/h4-7H,1-3H3,(H,16,17). The SMILES string of the molecule is COc1ccc(C(=O)O)c(-n2nc(C)cc2C)c1. The smallest absolute Gasteiger partial charge is 0.337 e. The molecule has 1 heterocycles. The summed E-state index contributed by atoms with van der Waals surface area (Å²) in [6.45, 7) is 3.75. The molecule has 1 aromatic carbocycles. The van der Waals surface area contributed by atoms with Gasteiger partial charge in [0.1, 0.15) is 5.75 Å². The number of nitrogens with zero attached hydrogens (tertiary/aromatic N) is 2. The molecule has 0 saturated heterocycles. The fourth-order valence-corrected chi connectivity index (χ4v) is 1.87. The molecule has 0 amide bonds. The molecule has 0 bridgehead atoms. The fraction of sp³-hybridized carbons (Fsp3) is 0.231. The van der Waals surface area contributed by atoms with Crippen molar-refractivity contribution >= 4 is 5.97 Å². The first kappa shape index (κ1) is 12.2. The molecule has 0 radical (unpaired) electrons. The van der Waals surface area contributed by atoms with Crippen LogP contribution in [0.4, 0.5) is 0 Å². The zero-order chi connectivity index (χ0) is 13.3. The number of carboxylic acid groups (broad SMARTS) is 1. The first-order valence-corrected chi connectivity index (χ1v) is 5.48. The van der Waals surface area contributed by atoms with Gasteiger partial charge in [0.15, 0.2) is 0 Å². The summed E-state index contributed by atoms with van der Waals surface area (Å²) in [6.07, 6.45) is 0. The topological polar surface area (TPSA) is 64.3 Å². The predicted molar refractivity (Wildman–Crippen MR) is 66.5 cm³/mol. The van der Waals surface area contributed by atoms with Crippen LogP contribution in [0.2, 0.25) is 0 Å². The highest BCUT2D eigenvalue weighted by Crippen LogP contribution is 2.22. The van der Waals surface area contributed by atoms with E-state index in [1.807, 2.05) is 19.9 Å². The monoisotopic (exact) mass is 246 g/mol. The van der Waals surface area contributed by atoms with Gasteiger partial charge in [0.2, 0.25) is 0 Å². The molecular formula is C13H14N2O3. The van der Waals surface area contributed by atoms with E-state index in [2.05, 4.69) is 5.10 Å². The molecule has 18 heavy (non-hydrogen) atoms. The van der Waals surface area contributed by atoms with Crippen LogP contribution in [0, 0.1) is 13.8 Å². The third-order valence-electron chi connectivity index (χ3n) is 2.67. The van der Waals surface area contributed by atoms with Gasteiger partial charge in [0.05, 0.1) is 24.1 Å². The van der Waals surface area contributed by atoms with Crippen molar-refractivity contribution in [3.8, 4) is 11.4 Å². The molecule has 1 N–H and O–H groups in total. The number of ether oxygens (including phenoxy) is 1. The number of hydrogen-bond acceptors (Lipinski definition) is 3. The molecule has 0 aliphatic heterocycles. The number of aromatic nitrogens is 2. The Labute approximate surface area is 105 Å². The molecule has 0 spiro atoms. The van der Waals surface area contributed by atoms with Crippen LogP contribution in [-0.2, 0) is 0 Å². The summed E-state index contributed by atoms with van der Waals surface area (Å²) in [4.78, 5) is 11.2. The van der Waals surface area contributed by atoms with Gasteiger partial charge in [0.25, 0.3) is 0 Å². The first-order valence-electron chi connectivity index (χ1n) is 5.48. The van der Waals surface area contributed by atoms with E-state index in [0.717, 1.165) is 11.4 Å². The zero-order valence-electron chi connectivity index (χ0n) is 10.5. The summed E-state index contributed by atoms with van der Waals surface area (Å²) in [5.74, 6) is -0.386. The third kappa shape index (κ3) is 2.07. The number of benzene rings is 1. The summed E-state index contributed by atoms with van der Waals surface area (Å²) < 4.78 is 6.74. The maximum atomic E-state index is 11.2. The van der Waals surface area contributed by atoms with Crippen molar-refractivity contribution in [2.75, 3.05) is 7.11 Å². The maximum absolute atomic E-state index is 11.2.